The number of carbonyl (C=O) groups excluding carboxylic acids is 1. The fourth-order valence-corrected chi connectivity index (χ4v) is 4.08. The summed E-state index contributed by atoms with van der Waals surface area (Å²) in [5, 5.41) is 0.694. The van der Waals surface area contributed by atoms with Crippen LogP contribution >= 0.6 is 0 Å². The molecule has 0 aliphatic heterocycles. The molecule has 6 nitrogen and oxygen atoms in total. The minimum atomic E-state index is -0.565. The van der Waals surface area contributed by atoms with Gasteiger partial charge < -0.3 is 18.8 Å². The lowest BCUT2D eigenvalue weighted by Gasteiger charge is -2.18. The van der Waals surface area contributed by atoms with Crippen molar-refractivity contribution in [3.63, 3.8) is 0 Å². The van der Waals surface area contributed by atoms with E-state index in [4.69, 9.17) is 14.2 Å². The molecule has 1 aromatic heterocycles. The van der Waals surface area contributed by atoms with Gasteiger partial charge in [-0.25, -0.2) is 0 Å². The zero-order chi connectivity index (χ0) is 27.5. The van der Waals surface area contributed by atoms with E-state index in [0.29, 0.717) is 29.8 Å². The maximum atomic E-state index is 13.6. The predicted molar refractivity (Wildman–Crippen MR) is 153 cm³/mol. The van der Waals surface area contributed by atoms with Crippen LogP contribution in [0, 0.1) is 0 Å². The van der Waals surface area contributed by atoms with Crippen molar-refractivity contribution in [3.05, 3.63) is 87.7 Å². The SMILES string of the molecule is CCCCn1c(=O)c(OC(C)=O)c(OC/C=C(\C)CCC=C(C)C)c2ccc(OCc3ccccc3)cc21. The van der Waals surface area contributed by atoms with Gasteiger partial charge in [-0.1, -0.05) is 60.9 Å². The van der Waals surface area contributed by atoms with E-state index in [1.54, 1.807) is 4.57 Å². The summed E-state index contributed by atoms with van der Waals surface area (Å²) in [5.74, 6) is 0.280. The molecule has 38 heavy (non-hydrogen) atoms. The van der Waals surface area contributed by atoms with Crippen molar-refractivity contribution in [2.24, 2.45) is 0 Å². The molecule has 3 rings (SSSR count). The van der Waals surface area contributed by atoms with Crippen LogP contribution in [0.3, 0.4) is 0 Å². The number of allylic oxidation sites excluding steroid dienone is 3. The van der Waals surface area contributed by atoms with Crippen LogP contribution in [0.5, 0.6) is 17.2 Å². The highest BCUT2D eigenvalue weighted by molar-refractivity contribution is 5.90. The fourth-order valence-electron chi connectivity index (χ4n) is 4.08. The molecule has 0 atom stereocenters. The average molecular weight is 518 g/mol. The molecule has 1 heterocycles. The summed E-state index contributed by atoms with van der Waals surface area (Å²) in [6.45, 7) is 10.8. The summed E-state index contributed by atoms with van der Waals surface area (Å²) >= 11 is 0. The van der Waals surface area contributed by atoms with E-state index in [1.807, 2.05) is 54.6 Å². The maximum Gasteiger partial charge on any atom is 0.308 e. The van der Waals surface area contributed by atoms with Crippen molar-refractivity contribution in [3.8, 4) is 17.2 Å². The average Bonchev–Trinajstić information content (AvgIpc) is 2.89. The van der Waals surface area contributed by atoms with Gasteiger partial charge >= 0.3 is 5.97 Å². The summed E-state index contributed by atoms with van der Waals surface area (Å²) in [7, 11) is 0. The molecular formula is C32H39NO5. The number of carbonyl (C=O) groups is 1. The number of aryl methyl sites for hydroxylation is 1. The van der Waals surface area contributed by atoms with Crippen LogP contribution in [0.15, 0.2) is 76.6 Å². The van der Waals surface area contributed by atoms with E-state index in [2.05, 4.69) is 33.8 Å². The number of unbranched alkanes of at least 4 members (excludes halogenated alkanes) is 1. The molecule has 0 unspecified atom stereocenters. The van der Waals surface area contributed by atoms with E-state index in [9.17, 15) is 9.59 Å². The molecule has 0 bridgehead atoms. The number of fused-ring (bicyclic) bond motifs is 1. The Hall–Kier alpha value is -3.80. The van der Waals surface area contributed by atoms with Gasteiger partial charge in [-0.15, -0.1) is 0 Å². The Labute approximate surface area is 225 Å². The Kier molecular flexibility index (Phi) is 10.8. The van der Waals surface area contributed by atoms with Gasteiger partial charge in [0.1, 0.15) is 19.0 Å². The number of esters is 1. The number of hydrogen-bond donors (Lipinski definition) is 0. The summed E-state index contributed by atoms with van der Waals surface area (Å²) in [6, 6.07) is 15.5. The maximum absolute atomic E-state index is 13.6. The first-order chi connectivity index (χ1) is 18.3. The molecular weight excluding hydrogens is 478 g/mol. The van der Waals surface area contributed by atoms with Gasteiger partial charge in [-0.2, -0.15) is 0 Å². The standard InChI is InChI=1S/C32H39NO5/c1-6-7-19-33-29-21-27(37-22-26-14-9-8-10-15-26)16-17-28(29)30(31(32(33)35)38-25(5)34)36-20-18-24(4)13-11-12-23(2)3/h8-10,12,14-18,21H,6-7,11,13,19-20,22H2,1-5H3/b24-18+. The van der Waals surface area contributed by atoms with Crippen molar-refractivity contribution in [2.75, 3.05) is 6.61 Å². The molecule has 6 heteroatoms. The first kappa shape index (κ1) is 28.8. The monoisotopic (exact) mass is 517 g/mol. The Morgan fingerprint density at radius 2 is 1.71 bits per heavy atom. The van der Waals surface area contributed by atoms with Gasteiger partial charge in [-0.3, -0.25) is 9.59 Å². The molecule has 0 fully saturated rings. The Balaban J connectivity index is 2.00. The van der Waals surface area contributed by atoms with Crippen molar-refractivity contribution in [1.29, 1.82) is 0 Å². The predicted octanol–water partition coefficient (Wildman–Crippen LogP) is 7.38. The van der Waals surface area contributed by atoms with E-state index in [0.717, 1.165) is 31.2 Å². The van der Waals surface area contributed by atoms with E-state index in [1.165, 1.54) is 18.1 Å². The van der Waals surface area contributed by atoms with Crippen molar-refractivity contribution in [1.82, 2.24) is 4.57 Å². The van der Waals surface area contributed by atoms with E-state index >= 15 is 0 Å². The lowest BCUT2D eigenvalue weighted by atomic mass is 10.1. The van der Waals surface area contributed by atoms with Gasteiger partial charge in [0.2, 0.25) is 5.75 Å². The zero-order valence-corrected chi connectivity index (χ0v) is 23.2. The third-order valence-electron chi connectivity index (χ3n) is 6.13. The van der Waals surface area contributed by atoms with Crippen LogP contribution in [0.25, 0.3) is 10.9 Å². The second kappa shape index (κ2) is 14.2. The highest BCUT2D eigenvalue weighted by Crippen LogP contribution is 2.35. The van der Waals surface area contributed by atoms with Crippen LogP contribution in [-0.2, 0) is 17.9 Å². The van der Waals surface area contributed by atoms with Crippen LogP contribution in [0.1, 0.15) is 65.9 Å². The molecule has 0 amide bonds. The number of hydrogen-bond acceptors (Lipinski definition) is 5. The molecule has 0 aliphatic carbocycles. The number of benzene rings is 2. The van der Waals surface area contributed by atoms with Crippen LogP contribution in [0.4, 0.5) is 0 Å². The van der Waals surface area contributed by atoms with Gasteiger partial charge in [-0.05, 0) is 63.8 Å². The summed E-state index contributed by atoms with van der Waals surface area (Å²) in [4.78, 5) is 25.5. The molecule has 3 aromatic rings. The first-order valence-corrected chi connectivity index (χ1v) is 13.3. The first-order valence-electron chi connectivity index (χ1n) is 13.3. The molecule has 0 spiro atoms. The number of aromatic nitrogens is 1. The van der Waals surface area contributed by atoms with Crippen molar-refractivity contribution < 1.29 is 19.0 Å². The Morgan fingerprint density at radius 3 is 2.39 bits per heavy atom. The molecule has 2 aromatic carbocycles. The van der Waals surface area contributed by atoms with Crippen molar-refractivity contribution >= 4 is 16.9 Å². The quantitative estimate of drug-likeness (QED) is 0.175. The number of ether oxygens (including phenoxy) is 3. The smallest absolute Gasteiger partial charge is 0.308 e. The van der Waals surface area contributed by atoms with Crippen LogP contribution < -0.4 is 19.8 Å². The normalized spacial score (nSPS) is 11.3. The summed E-state index contributed by atoms with van der Waals surface area (Å²) in [6.07, 6.45) is 7.81. The molecule has 0 radical (unpaired) electrons. The van der Waals surface area contributed by atoms with E-state index < -0.39 is 5.97 Å². The fraction of sp³-hybridized carbons (Fsp3) is 0.375. The lowest BCUT2D eigenvalue weighted by molar-refractivity contribution is -0.132. The largest absolute Gasteiger partial charge is 0.489 e. The highest BCUT2D eigenvalue weighted by atomic mass is 16.6. The molecule has 202 valence electrons. The molecule has 0 saturated heterocycles. The summed E-state index contributed by atoms with van der Waals surface area (Å²) in [5.41, 5.74) is 3.83. The summed E-state index contributed by atoms with van der Waals surface area (Å²) < 4.78 is 19.3. The minimum Gasteiger partial charge on any atom is -0.489 e. The Morgan fingerprint density at radius 1 is 0.947 bits per heavy atom. The number of nitrogens with zero attached hydrogens (tertiary/aromatic N) is 1. The van der Waals surface area contributed by atoms with E-state index in [-0.39, 0.29) is 23.7 Å². The van der Waals surface area contributed by atoms with Gasteiger partial charge in [0.05, 0.1) is 5.52 Å². The minimum absolute atomic E-state index is 0.0744. The molecule has 0 saturated carbocycles. The van der Waals surface area contributed by atoms with Gasteiger partial charge in [0, 0.05) is 24.9 Å². The van der Waals surface area contributed by atoms with Gasteiger partial charge in [0.25, 0.3) is 5.56 Å². The lowest BCUT2D eigenvalue weighted by Crippen LogP contribution is -2.25. The van der Waals surface area contributed by atoms with Crippen molar-refractivity contribution in [2.45, 2.75) is 73.5 Å². The third-order valence-corrected chi connectivity index (χ3v) is 6.13. The second-order valence-electron chi connectivity index (χ2n) is 9.70. The molecule has 0 N–H and O–H groups in total. The third kappa shape index (κ3) is 8.10. The Bertz CT molecular complexity index is 1350. The highest BCUT2D eigenvalue weighted by Gasteiger charge is 2.21. The van der Waals surface area contributed by atoms with Crippen LogP contribution in [0.2, 0.25) is 0 Å². The van der Waals surface area contributed by atoms with Gasteiger partial charge in [0.15, 0.2) is 5.75 Å². The zero-order valence-electron chi connectivity index (χ0n) is 23.2. The van der Waals surface area contributed by atoms with Crippen LogP contribution in [-0.4, -0.2) is 17.1 Å². The number of rotatable bonds is 13. The second-order valence-corrected chi connectivity index (χ2v) is 9.70. The number of pyridine rings is 1. The molecule has 0 aliphatic rings. The topological polar surface area (TPSA) is 66.8 Å².